The van der Waals surface area contributed by atoms with Gasteiger partial charge in [-0.05, 0) is 76.9 Å². The summed E-state index contributed by atoms with van der Waals surface area (Å²) in [6.45, 7) is 14.0. The summed E-state index contributed by atoms with van der Waals surface area (Å²) in [5, 5.41) is 2.94. The van der Waals surface area contributed by atoms with Crippen LogP contribution in [0, 0.1) is 11.8 Å². The second-order valence-corrected chi connectivity index (χ2v) is 13.3. The van der Waals surface area contributed by atoms with Crippen LogP contribution in [0.4, 0.5) is 4.79 Å². The number of carbonyl (C=O) groups is 4. The minimum Gasteiger partial charge on any atom is -0.492 e. The Morgan fingerprint density at radius 2 is 1.77 bits per heavy atom. The van der Waals surface area contributed by atoms with Crippen LogP contribution in [-0.2, 0) is 35.2 Å². The monoisotopic (exact) mass is 652 g/mol. The molecule has 2 saturated heterocycles. The molecule has 2 aliphatic rings. The second-order valence-electron chi connectivity index (χ2n) is 13.3. The van der Waals surface area contributed by atoms with Gasteiger partial charge in [-0.2, -0.15) is 0 Å². The zero-order chi connectivity index (χ0) is 34.4. The molecule has 0 aliphatic carbocycles. The molecule has 47 heavy (non-hydrogen) atoms. The van der Waals surface area contributed by atoms with Gasteiger partial charge in [0, 0.05) is 38.8 Å². The van der Waals surface area contributed by atoms with E-state index in [-0.39, 0.29) is 24.3 Å². The molecule has 2 atom stereocenters. The molecule has 2 fully saturated rings. The number of carbonyl (C=O) groups excluding carboxylic acids is 4. The van der Waals surface area contributed by atoms with Crippen LogP contribution < -0.4 is 5.32 Å². The summed E-state index contributed by atoms with van der Waals surface area (Å²) in [6, 6.07) is 9.07. The van der Waals surface area contributed by atoms with Crippen molar-refractivity contribution in [3.8, 4) is 0 Å². The van der Waals surface area contributed by atoms with E-state index >= 15 is 0 Å². The number of nitrogens with one attached hydrogen (secondary N) is 1. The van der Waals surface area contributed by atoms with E-state index in [1.54, 1.807) is 22.9 Å². The van der Waals surface area contributed by atoms with Crippen LogP contribution in [0.5, 0.6) is 0 Å². The minimum absolute atomic E-state index is 0.0383. The summed E-state index contributed by atoms with van der Waals surface area (Å²) >= 11 is 0. The number of ether oxygens (including phenoxy) is 3. The number of benzene rings is 1. The first-order valence-corrected chi connectivity index (χ1v) is 16.5. The van der Waals surface area contributed by atoms with Crippen molar-refractivity contribution < 1.29 is 33.4 Å². The molecule has 0 radical (unpaired) electrons. The van der Waals surface area contributed by atoms with Crippen molar-refractivity contribution in [3.63, 3.8) is 0 Å². The molecule has 0 unspecified atom stereocenters. The third kappa shape index (κ3) is 13.2. The molecule has 1 aromatic carbocycles. The standard InChI is InChI=1S/C36H52N4O7/c1-26(22-37-23-27(2)46-25-29-11-8-7-9-12-29)31(21-33(42)45-6)38-34(43)30-13-10-18-40(24-30)32(41)15-14-28-16-19-39(20-17-28)35(44)47-36(3,4)5/h7-9,11-12,22-23,28,30-31H,1,10,13-21,24-25H2,2-6H3,(H,38,43)/b27-23+,37-22-/t30-,31+/m1/s1. The normalized spacial score (nSPS) is 18.4. The zero-order valence-electron chi connectivity index (χ0n) is 28.7. The van der Waals surface area contributed by atoms with Crippen LogP contribution in [0.25, 0.3) is 0 Å². The van der Waals surface area contributed by atoms with Crippen LogP contribution in [-0.4, -0.2) is 84.8 Å². The first-order chi connectivity index (χ1) is 22.3. The number of hydrogen-bond acceptors (Lipinski definition) is 8. The maximum absolute atomic E-state index is 13.4. The highest BCUT2D eigenvalue weighted by molar-refractivity contribution is 5.87. The maximum atomic E-state index is 13.4. The zero-order valence-corrected chi connectivity index (χ0v) is 28.7. The van der Waals surface area contributed by atoms with E-state index in [1.807, 2.05) is 51.1 Å². The number of piperidine rings is 2. The minimum atomic E-state index is -0.713. The molecule has 0 spiro atoms. The average molecular weight is 653 g/mol. The molecule has 3 amide bonds. The fourth-order valence-corrected chi connectivity index (χ4v) is 5.59. The van der Waals surface area contributed by atoms with Gasteiger partial charge in [0.1, 0.15) is 18.0 Å². The molecular formula is C36H52N4O7. The molecule has 0 bridgehead atoms. The van der Waals surface area contributed by atoms with E-state index in [4.69, 9.17) is 14.2 Å². The number of rotatable bonds is 13. The van der Waals surface area contributed by atoms with Crippen molar-refractivity contribution in [1.29, 1.82) is 0 Å². The lowest BCUT2D eigenvalue weighted by Crippen LogP contribution is -2.48. The Balaban J connectivity index is 1.48. The van der Waals surface area contributed by atoms with Gasteiger partial charge in [0.25, 0.3) is 0 Å². The summed E-state index contributed by atoms with van der Waals surface area (Å²) in [5.74, 6) is -0.120. The molecule has 11 nitrogen and oxygen atoms in total. The summed E-state index contributed by atoms with van der Waals surface area (Å²) in [6.07, 6.45) is 6.86. The molecule has 2 aliphatic heterocycles. The lowest BCUT2D eigenvalue weighted by atomic mass is 9.91. The second kappa shape index (κ2) is 18.3. The maximum Gasteiger partial charge on any atom is 0.410 e. The number of allylic oxidation sites excluding steroid dienone is 1. The van der Waals surface area contributed by atoms with Crippen LogP contribution in [0.3, 0.4) is 0 Å². The molecule has 11 heteroatoms. The van der Waals surface area contributed by atoms with Gasteiger partial charge in [0.05, 0.1) is 31.7 Å². The SMILES string of the molecule is C=C(/C=N\C=C(/C)OCc1ccccc1)[C@H](CC(=O)OC)NC(=O)[C@@H]1CCCN(C(=O)CCC2CCN(C(=O)OC(C)(C)C)CC2)C1. The Morgan fingerprint density at radius 1 is 1.06 bits per heavy atom. The van der Waals surface area contributed by atoms with Crippen molar-refractivity contribution in [2.45, 2.75) is 90.9 Å². The summed E-state index contributed by atoms with van der Waals surface area (Å²) in [4.78, 5) is 58.8. The molecule has 258 valence electrons. The van der Waals surface area contributed by atoms with Crippen molar-refractivity contribution in [2.24, 2.45) is 16.8 Å². The van der Waals surface area contributed by atoms with Gasteiger partial charge in [-0.15, -0.1) is 0 Å². The predicted molar refractivity (Wildman–Crippen MR) is 180 cm³/mol. The van der Waals surface area contributed by atoms with Crippen LogP contribution in [0.15, 0.2) is 59.4 Å². The van der Waals surface area contributed by atoms with Crippen LogP contribution >= 0.6 is 0 Å². The van der Waals surface area contributed by atoms with Crippen molar-refractivity contribution >= 4 is 30.1 Å². The van der Waals surface area contributed by atoms with Gasteiger partial charge in [0.15, 0.2) is 0 Å². The topological polar surface area (TPSA) is 127 Å². The van der Waals surface area contributed by atoms with Gasteiger partial charge in [-0.3, -0.25) is 19.4 Å². The first kappa shape index (κ1) is 37.3. The van der Waals surface area contributed by atoms with Crippen molar-refractivity contribution in [3.05, 3.63) is 60.0 Å². The van der Waals surface area contributed by atoms with E-state index < -0.39 is 23.5 Å². The van der Waals surface area contributed by atoms with Crippen LogP contribution in [0.2, 0.25) is 0 Å². The highest BCUT2D eigenvalue weighted by Gasteiger charge is 2.32. The van der Waals surface area contributed by atoms with Gasteiger partial charge >= 0.3 is 12.1 Å². The van der Waals surface area contributed by atoms with Gasteiger partial charge < -0.3 is 29.3 Å². The summed E-state index contributed by atoms with van der Waals surface area (Å²) < 4.78 is 16.1. The fourth-order valence-electron chi connectivity index (χ4n) is 5.59. The average Bonchev–Trinajstić information content (AvgIpc) is 3.05. The Morgan fingerprint density at radius 3 is 2.43 bits per heavy atom. The predicted octanol–water partition coefficient (Wildman–Crippen LogP) is 5.41. The molecule has 1 N–H and O–H groups in total. The number of amides is 3. The largest absolute Gasteiger partial charge is 0.492 e. The van der Waals surface area contributed by atoms with E-state index in [1.165, 1.54) is 13.3 Å². The summed E-state index contributed by atoms with van der Waals surface area (Å²) in [5.41, 5.74) is 0.955. The third-order valence-corrected chi connectivity index (χ3v) is 8.35. The molecule has 3 rings (SSSR count). The highest BCUT2D eigenvalue weighted by atomic mass is 16.6. The van der Waals surface area contributed by atoms with E-state index in [2.05, 4.69) is 16.9 Å². The fraction of sp³-hybridized carbons (Fsp3) is 0.583. The molecule has 2 heterocycles. The first-order valence-electron chi connectivity index (χ1n) is 16.5. The Kier molecular flexibility index (Phi) is 14.5. The summed E-state index contributed by atoms with van der Waals surface area (Å²) in [7, 11) is 1.29. The van der Waals surface area contributed by atoms with Gasteiger partial charge in [-0.25, -0.2) is 4.79 Å². The van der Waals surface area contributed by atoms with Crippen LogP contribution in [0.1, 0.15) is 78.2 Å². The lowest BCUT2D eigenvalue weighted by Gasteiger charge is -2.35. The Hall–Kier alpha value is -4.15. The van der Waals surface area contributed by atoms with Gasteiger partial charge in [0.2, 0.25) is 11.8 Å². The lowest BCUT2D eigenvalue weighted by molar-refractivity contribution is -0.141. The van der Waals surface area contributed by atoms with E-state index in [9.17, 15) is 19.2 Å². The smallest absolute Gasteiger partial charge is 0.410 e. The number of methoxy groups -OCH3 is 1. The van der Waals surface area contributed by atoms with E-state index in [0.717, 1.165) is 31.2 Å². The van der Waals surface area contributed by atoms with Gasteiger partial charge in [-0.1, -0.05) is 36.9 Å². The molecular weight excluding hydrogens is 600 g/mol. The van der Waals surface area contributed by atoms with Crippen molar-refractivity contribution in [2.75, 3.05) is 33.3 Å². The van der Waals surface area contributed by atoms with Crippen molar-refractivity contribution in [1.82, 2.24) is 15.1 Å². The number of esters is 1. The Bertz CT molecular complexity index is 1280. The molecule has 0 saturated carbocycles. The number of aliphatic imine (C=N–C) groups is 1. The molecule has 1 aromatic rings. The Labute approximate surface area is 279 Å². The number of nitrogens with zero attached hydrogens (tertiary/aromatic N) is 3. The van der Waals surface area contributed by atoms with E-state index in [0.29, 0.717) is 62.9 Å². The molecule has 0 aromatic heterocycles. The highest BCUT2D eigenvalue weighted by Crippen LogP contribution is 2.25. The number of hydrogen-bond donors (Lipinski definition) is 1. The quantitative estimate of drug-likeness (QED) is 0.172. The third-order valence-electron chi connectivity index (χ3n) is 8.35. The number of likely N-dealkylation sites (tertiary alicyclic amines) is 2.